The fourth-order valence-electron chi connectivity index (χ4n) is 11.1. The second-order valence-corrected chi connectivity index (χ2v) is 23.9. The summed E-state index contributed by atoms with van der Waals surface area (Å²) >= 11 is 0. The monoisotopic (exact) mass is 1060 g/mol. The molecule has 0 aliphatic carbocycles. The van der Waals surface area contributed by atoms with Crippen molar-refractivity contribution in [3.8, 4) is 0 Å². The Morgan fingerprint density at radius 3 is 0.947 bits per heavy atom. The van der Waals surface area contributed by atoms with Crippen LogP contribution in [0.5, 0.6) is 0 Å². The summed E-state index contributed by atoms with van der Waals surface area (Å²) in [6, 6.07) is -0.539. The molecule has 0 aliphatic heterocycles. The van der Waals surface area contributed by atoms with E-state index in [-0.39, 0.29) is 18.5 Å². The van der Waals surface area contributed by atoms with Gasteiger partial charge in [0.1, 0.15) is 0 Å². The third-order valence-electron chi connectivity index (χ3n) is 16.3. The van der Waals surface area contributed by atoms with E-state index in [2.05, 4.69) is 31.3 Å². The fraction of sp³-hybridized carbons (Fsp3) is 0.942. The van der Waals surface area contributed by atoms with Crippen LogP contribution in [0.4, 0.5) is 0 Å². The summed E-state index contributed by atoms with van der Waals surface area (Å²) in [5.41, 5.74) is 0. The lowest BCUT2D eigenvalue weighted by Gasteiger charge is -2.22. The molecule has 0 bridgehead atoms. The van der Waals surface area contributed by atoms with Crippen LogP contribution in [0.3, 0.4) is 0 Å². The number of amides is 1. The van der Waals surface area contributed by atoms with Gasteiger partial charge in [0.2, 0.25) is 5.91 Å². The fourth-order valence-corrected chi connectivity index (χ4v) is 11.1. The summed E-state index contributed by atoms with van der Waals surface area (Å²) in [6.45, 7) is 4.99. The van der Waals surface area contributed by atoms with Crippen molar-refractivity contribution in [2.24, 2.45) is 0 Å². The Balaban J connectivity index is 3.35. The molecule has 2 atom stereocenters. The van der Waals surface area contributed by atoms with Gasteiger partial charge in [-0.15, -0.1) is 0 Å². The number of nitrogens with one attached hydrogen (secondary N) is 1. The first-order chi connectivity index (χ1) is 37.0. The quantitative estimate of drug-likeness (QED) is 0.0320. The van der Waals surface area contributed by atoms with Crippen molar-refractivity contribution in [3.63, 3.8) is 0 Å². The number of esters is 1. The smallest absolute Gasteiger partial charge is 0.305 e. The molecular formula is C69H135NO5. The van der Waals surface area contributed by atoms with Gasteiger partial charge in [-0.25, -0.2) is 0 Å². The number of hydrogen-bond donors (Lipinski definition) is 3. The Kier molecular flexibility index (Phi) is 63.9. The molecule has 446 valence electrons. The normalized spacial score (nSPS) is 12.5. The number of unbranched alkanes of at least 4 members (excludes halogenated alkanes) is 52. The molecule has 0 aromatic carbocycles. The lowest BCUT2D eigenvalue weighted by atomic mass is 10.0. The minimum absolute atomic E-state index is 0.0181. The zero-order valence-electron chi connectivity index (χ0n) is 51.1. The van der Waals surface area contributed by atoms with Crippen molar-refractivity contribution in [2.75, 3.05) is 13.2 Å². The summed E-state index contributed by atoms with van der Waals surface area (Å²) < 4.78 is 5.47. The predicted molar refractivity (Wildman–Crippen MR) is 329 cm³/mol. The molecule has 0 heterocycles. The van der Waals surface area contributed by atoms with Crippen molar-refractivity contribution in [1.82, 2.24) is 5.32 Å². The van der Waals surface area contributed by atoms with E-state index in [0.717, 1.165) is 38.5 Å². The predicted octanol–water partition coefficient (Wildman–Crippen LogP) is 22.0. The molecule has 0 aromatic heterocycles. The summed E-state index contributed by atoms with van der Waals surface area (Å²) in [5, 5.41) is 23.3. The zero-order valence-corrected chi connectivity index (χ0v) is 51.1. The van der Waals surface area contributed by atoms with Gasteiger partial charge in [-0.2, -0.15) is 0 Å². The lowest BCUT2D eigenvalue weighted by Crippen LogP contribution is -2.45. The first-order valence-corrected chi connectivity index (χ1v) is 34.4. The molecule has 75 heavy (non-hydrogen) atoms. The highest BCUT2D eigenvalue weighted by molar-refractivity contribution is 5.76. The third kappa shape index (κ3) is 61.7. The van der Waals surface area contributed by atoms with Crippen LogP contribution in [-0.4, -0.2) is 47.4 Å². The maximum absolute atomic E-state index is 12.5. The Hall–Kier alpha value is -1.40. The van der Waals surface area contributed by atoms with E-state index >= 15 is 0 Å². The van der Waals surface area contributed by atoms with E-state index in [9.17, 15) is 19.8 Å². The van der Waals surface area contributed by atoms with Gasteiger partial charge in [0.15, 0.2) is 0 Å². The van der Waals surface area contributed by atoms with E-state index < -0.39 is 12.1 Å². The standard InChI is InChI=1S/C69H135NO5/c1-3-5-7-9-11-13-15-16-17-35-38-42-45-49-53-57-61-67(72)66(65-71)70-68(73)62-58-54-50-46-43-39-36-33-31-29-27-25-23-21-19-18-20-22-24-26-28-30-32-34-37-40-44-48-52-56-60-64-75-69(74)63-59-55-51-47-41-14-12-10-8-6-4-2/h20,22,66-67,71-72H,3-19,21,23-65H2,1-2H3,(H,70,73)/b22-20-. The van der Waals surface area contributed by atoms with Crippen LogP contribution in [-0.2, 0) is 14.3 Å². The zero-order chi connectivity index (χ0) is 54.3. The first-order valence-electron chi connectivity index (χ1n) is 34.4. The molecule has 0 rings (SSSR count). The Morgan fingerprint density at radius 2 is 0.627 bits per heavy atom. The van der Waals surface area contributed by atoms with E-state index in [1.165, 1.54) is 321 Å². The Bertz CT molecular complexity index is 1130. The molecule has 0 saturated carbocycles. The highest BCUT2D eigenvalue weighted by Crippen LogP contribution is 2.19. The van der Waals surface area contributed by atoms with Crippen LogP contribution < -0.4 is 5.32 Å². The van der Waals surface area contributed by atoms with E-state index in [1.807, 2.05) is 0 Å². The molecule has 6 nitrogen and oxygen atoms in total. The molecule has 0 fully saturated rings. The number of aliphatic hydroxyl groups is 2. The van der Waals surface area contributed by atoms with Crippen molar-refractivity contribution in [3.05, 3.63) is 12.2 Å². The van der Waals surface area contributed by atoms with Crippen molar-refractivity contribution >= 4 is 11.9 Å². The molecular weight excluding hydrogens is 923 g/mol. The van der Waals surface area contributed by atoms with Crippen LogP contribution in [0.25, 0.3) is 0 Å². The summed E-state index contributed by atoms with van der Waals surface area (Å²) in [7, 11) is 0. The average Bonchev–Trinajstić information content (AvgIpc) is 3.41. The number of carbonyl (C=O) groups excluding carboxylic acids is 2. The Morgan fingerprint density at radius 1 is 0.360 bits per heavy atom. The van der Waals surface area contributed by atoms with Gasteiger partial charge >= 0.3 is 5.97 Å². The molecule has 0 saturated heterocycles. The van der Waals surface area contributed by atoms with Crippen LogP contribution in [0.2, 0.25) is 0 Å². The third-order valence-corrected chi connectivity index (χ3v) is 16.3. The maximum atomic E-state index is 12.5. The topological polar surface area (TPSA) is 95.9 Å². The summed E-state index contributed by atoms with van der Waals surface area (Å²) in [6.07, 6.45) is 79.7. The first kappa shape index (κ1) is 73.6. The van der Waals surface area contributed by atoms with Gasteiger partial charge in [0.05, 0.1) is 25.4 Å². The van der Waals surface area contributed by atoms with E-state index in [0.29, 0.717) is 25.9 Å². The van der Waals surface area contributed by atoms with Crippen LogP contribution in [0.15, 0.2) is 12.2 Å². The number of rotatable bonds is 65. The second-order valence-electron chi connectivity index (χ2n) is 23.9. The number of allylic oxidation sites excluding steroid dienone is 2. The largest absolute Gasteiger partial charge is 0.466 e. The SMILES string of the molecule is CCCCCCCCCCCCCCCCCCC(O)C(CO)NC(=O)CCCCCCCCCCCCCCCCC/C=C\CCCCCCCCCCCCCCOC(=O)CCCCCCCCCCCCC. The van der Waals surface area contributed by atoms with Gasteiger partial charge in [-0.1, -0.05) is 341 Å². The van der Waals surface area contributed by atoms with E-state index in [1.54, 1.807) is 0 Å². The molecule has 0 aromatic rings. The molecule has 0 radical (unpaired) electrons. The summed E-state index contributed by atoms with van der Waals surface area (Å²) in [4.78, 5) is 24.5. The highest BCUT2D eigenvalue weighted by Gasteiger charge is 2.20. The summed E-state index contributed by atoms with van der Waals surface area (Å²) in [5.74, 6) is -0.0112. The lowest BCUT2D eigenvalue weighted by molar-refractivity contribution is -0.143. The number of aliphatic hydroxyl groups excluding tert-OH is 2. The molecule has 3 N–H and O–H groups in total. The Labute approximate surface area is 469 Å². The highest BCUT2D eigenvalue weighted by atomic mass is 16.5. The molecule has 1 amide bonds. The van der Waals surface area contributed by atoms with Crippen LogP contribution in [0, 0.1) is 0 Å². The van der Waals surface area contributed by atoms with Gasteiger partial charge in [0, 0.05) is 12.8 Å². The van der Waals surface area contributed by atoms with Gasteiger partial charge in [0.25, 0.3) is 0 Å². The van der Waals surface area contributed by atoms with Gasteiger partial charge in [-0.3, -0.25) is 9.59 Å². The second kappa shape index (κ2) is 65.1. The van der Waals surface area contributed by atoms with Crippen molar-refractivity contribution in [1.29, 1.82) is 0 Å². The number of carbonyl (C=O) groups is 2. The molecule has 2 unspecified atom stereocenters. The van der Waals surface area contributed by atoms with Crippen molar-refractivity contribution in [2.45, 2.75) is 405 Å². The van der Waals surface area contributed by atoms with Crippen molar-refractivity contribution < 1.29 is 24.5 Å². The van der Waals surface area contributed by atoms with E-state index in [4.69, 9.17) is 4.74 Å². The van der Waals surface area contributed by atoms with Gasteiger partial charge < -0.3 is 20.3 Å². The molecule has 6 heteroatoms. The number of hydrogen-bond acceptors (Lipinski definition) is 5. The molecule has 0 aliphatic rings. The number of ether oxygens (including phenoxy) is 1. The van der Waals surface area contributed by atoms with Crippen LogP contribution >= 0.6 is 0 Å². The average molecular weight is 1060 g/mol. The molecule has 0 spiro atoms. The maximum Gasteiger partial charge on any atom is 0.305 e. The minimum atomic E-state index is -0.662. The minimum Gasteiger partial charge on any atom is -0.466 e. The van der Waals surface area contributed by atoms with Crippen LogP contribution in [0.1, 0.15) is 393 Å². The van der Waals surface area contributed by atoms with Gasteiger partial charge in [-0.05, 0) is 51.4 Å².